The molecule has 4 rings (SSSR count). The monoisotopic (exact) mass is 421 g/mol. The molecule has 0 spiro atoms. The van der Waals surface area contributed by atoms with Gasteiger partial charge in [-0.2, -0.15) is 0 Å². The Kier molecular flexibility index (Phi) is 5.70. The van der Waals surface area contributed by atoms with Gasteiger partial charge in [0.15, 0.2) is 12.4 Å². The number of hydrogen-bond donors (Lipinski definition) is 1. The number of aryl methyl sites for hydroxylation is 1. The van der Waals surface area contributed by atoms with Crippen LogP contribution in [0.4, 0.5) is 0 Å². The van der Waals surface area contributed by atoms with Gasteiger partial charge in [0.05, 0.1) is 11.1 Å². The zero-order valence-corrected chi connectivity index (χ0v) is 17.2. The quantitative estimate of drug-likeness (QED) is 0.633. The highest BCUT2D eigenvalue weighted by atomic mass is 16.5. The number of para-hydroxylation sites is 1. The SMILES string of the molecule is Cc1ccc(-c2cc(C(=O)OCC(=O)N3CCC(C(N)=O)CC3)c3ccccc3n2)o1. The van der Waals surface area contributed by atoms with E-state index in [1.54, 1.807) is 29.2 Å². The Morgan fingerprint density at radius 1 is 1.16 bits per heavy atom. The number of likely N-dealkylation sites (tertiary alicyclic amines) is 1. The van der Waals surface area contributed by atoms with Crippen LogP contribution in [0.2, 0.25) is 0 Å². The molecule has 2 N–H and O–H groups in total. The van der Waals surface area contributed by atoms with E-state index in [1.165, 1.54) is 0 Å². The van der Waals surface area contributed by atoms with Crippen LogP contribution in [0.1, 0.15) is 29.0 Å². The largest absolute Gasteiger partial charge is 0.460 e. The molecule has 1 aliphatic heterocycles. The van der Waals surface area contributed by atoms with Gasteiger partial charge in [-0.3, -0.25) is 9.59 Å². The van der Waals surface area contributed by atoms with Gasteiger partial charge in [-0.25, -0.2) is 9.78 Å². The van der Waals surface area contributed by atoms with Crippen molar-refractivity contribution < 1.29 is 23.5 Å². The molecule has 1 saturated heterocycles. The first-order chi connectivity index (χ1) is 14.9. The summed E-state index contributed by atoms with van der Waals surface area (Å²) in [6.07, 6.45) is 1.05. The van der Waals surface area contributed by atoms with Gasteiger partial charge >= 0.3 is 5.97 Å². The summed E-state index contributed by atoms with van der Waals surface area (Å²) in [5.41, 5.74) is 6.78. The number of nitrogens with zero attached hydrogens (tertiary/aromatic N) is 2. The van der Waals surface area contributed by atoms with E-state index >= 15 is 0 Å². The normalized spacial score (nSPS) is 14.5. The second kappa shape index (κ2) is 8.59. The third-order valence-corrected chi connectivity index (χ3v) is 5.51. The van der Waals surface area contributed by atoms with E-state index in [1.807, 2.05) is 25.1 Å². The Balaban J connectivity index is 1.50. The van der Waals surface area contributed by atoms with E-state index in [9.17, 15) is 14.4 Å². The molecule has 1 fully saturated rings. The fourth-order valence-corrected chi connectivity index (χ4v) is 3.75. The first-order valence-corrected chi connectivity index (χ1v) is 10.1. The van der Waals surface area contributed by atoms with Crippen molar-refractivity contribution in [3.63, 3.8) is 0 Å². The number of pyridine rings is 1. The van der Waals surface area contributed by atoms with Crippen LogP contribution < -0.4 is 5.73 Å². The number of rotatable bonds is 5. The van der Waals surface area contributed by atoms with Gasteiger partial charge in [0.25, 0.3) is 5.91 Å². The van der Waals surface area contributed by atoms with Crippen molar-refractivity contribution in [3.8, 4) is 11.5 Å². The Morgan fingerprint density at radius 2 is 1.90 bits per heavy atom. The molecular weight excluding hydrogens is 398 g/mol. The maximum atomic E-state index is 12.9. The minimum Gasteiger partial charge on any atom is -0.460 e. The smallest absolute Gasteiger partial charge is 0.339 e. The highest BCUT2D eigenvalue weighted by Crippen LogP contribution is 2.27. The highest BCUT2D eigenvalue weighted by Gasteiger charge is 2.26. The molecule has 2 amide bonds. The fraction of sp³-hybridized carbons (Fsp3) is 0.304. The van der Waals surface area contributed by atoms with Crippen molar-refractivity contribution >= 4 is 28.7 Å². The Labute approximate surface area is 179 Å². The van der Waals surface area contributed by atoms with Crippen molar-refractivity contribution in [3.05, 3.63) is 53.8 Å². The van der Waals surface area contributed by atoms with Crippen LogP contribution in [0.3, 0.4) is 0 Å². The number of nitrogens with two attached hydrogens (primary N) is 1. The number of piperidine rings is 1. The maximum absolute atomic E-state index is 12.9. The van der Waals surface area contributed by atoms with E-state index in [4.69, 9.17) is 14.9 Å². The zero-order chi connectivity index (χ0) is 22.0. The molecule has 0 atom stereocenters. The molecule has 1 aromatic carbocycles. The van der Waals surface area contributed by atoms with Gasteiger partial charge < -0.3 is 19.8 Å². The molecule has 8 nitrogen and oxygen atoms in total. The van der Waals surface area contributed by atoms with Crippen molar-refractivity contribution in [2.75, 3.05) is 19.7 Å². The number of benzene rings is 1. The van der Waals surface area contributed by atoms with E-state index in [2.05, 4.69) is 4.98 Å². The lowest BCUT2D eigenvalue weighted by Gasteiger charge is -2.30. The summed E-state index contributed by atoms with van der Waals surface area (Å²) in [7, 11) is 0. The third kappa shape index (κ3) is 4.42. The lowest BCUT2D eigenvalue weighted by molar-refractivity contribution is -0.137. The number of aromatic nitrogens is 1. The Hall–Kier alpha value is -3.68. The summed E-state index contributed by atoms with van der Waals surface area (Å²) in [6, 6.07) is 12.5. The molecule has 0 radical (unpaired) electrons. The Morgan fingerprint density at radius 3 is 2.58 bits per heavy atom. The average Bonchev–Trinajstić information content (AvgIpc) is 3.22. The van der Waals surface area contributed by atoms with E-state index < -0.39 is 5.97 Å². The predicted octanol–water partition coefficient (Wildman–Crippen LogP) is 2.68. The molecule has 8 heteroatoms. The molecule has 160 valence electrons. The van der Waals surface area contributed by atoms with Gasteiger partial charge in [0.2, 0.25) is 5.91 Å². The van der Waals surface area contributed by atoms with Crippen LogP contribution in [-0.4, -0.2) is 47.4 Å². The average molecular weight is 421 g/mol. The van der Waals surface area contributed by atoms with Gasteiger partial charge in [-0.15, -0.1) is 0 Å². The molecule has 31 heavy (non-hydrogen) atoms. The Bertz CT molecular complexity index is 1150. The topological polar surface area (TPSA) is 116 Å². The summed E-state index contributed by atoms with van der Waals surface area (Å²) < 4.78 is 11.0. The van der Waals surface area contributed by atoms with E-state index in [0.29, 0.717) is 53.9 Å². The third-order valence-electron chi connectivity index (χ3n) is 5.51. The highest BCUT2D eigenvalue weighted by molar-refractivity contribution is 6.05. The van der Waals surface area contributed by atoms with Crippen LogP contribution >= 0.6 is 0 Å². The molecule has 2 aromatic heterocycles. The minimum absolute atomic E-state index is 0.210. The molecule has 1 aliphatic rings. The second-order valence-electron chi connectivity index (χ2n) is 7.62. The fourth-order valence-electron chi connectivity index (χ4n) is 3.75. The van der Waals surface area contributed by atoms with Gasteiger partial charge in [-0.05, 0) is 44.0 Å². The summed E-state index contributed by atoms with van der Waals surface area (Å²) in [5.74, 6) is -0.172. The molecule has 0 aliphatic carbocycles. The van der Waals surface area contributed by atoms with E-state index in [-0.39, 0.29) is 24.3 Å². The number of fused-ring (bicyclic) bond motifs is 1. The van der Waals surface area contributed by atoms with Crippen LogP contribution in [0.15, 0.2) is 46.9 Å². The predicted molar refractivity (Wildman–Crippen MR) is 113 cm³/mol. The van der Waals surface area contributed by atoms with Crippen molar-refractivity contribution in [2.24, 2.45) is 11.7 Å². The van der Waals surface area contributed by atoms with Crippen LogP contribution in [-0.2, 0) is 14.3 Å². The van der Waals surface area contributed by atoms with Crippen LogP contribution in [0, 0.1) is 12.8 Å². The lowest BCUT2D eigenvalue weighted by Crippen LogP contribution is -2.43. The van der Waals surface area contributed by atoms with Gasteiger partial charge in [0, 0.05) is 24.4 Å². The number of carbonyl (C=O) groups is 3. The number of furan rings is 1. The number of esters is 1. The van der Waals surface area contributed by atoms with Crippen LogP contribution in [0.25, 0.3) is 22.4 Å². The second-order valence-corrected chi connectivity index (χ2v) is 7.62. The molecule has 0 bridgehead atoms. The van der Waals surface area contributed by atoms with Crippen molar-refractivity contribution in [1.29, 1.82) is 0 Å². The number of amides is 2. The maximum Gasteiger partial charge on any atom is 0.339 e. The summed E-state index contributed by atoms with van der Waals surface area (Å²) >= 11 is 0. The number of ether oxygens (including phenoxy) is 1. The summed E-state index contributed by atoms with van der Waals surface area (Å²) in [6.45, 7) is 2.30. The van der Waals surface area contributed by atoms with Gasteiger partial charge in [0.1, 0.15) is 11.5 Å². The summed E-state index contributed by atoms with van der Waals surface area (Å²) in [5, 5.41) is 0.634. The first-order valence-electron chi connectivity index (χ1n) is 10.1. The van der Waals surface area contributed by atoms with Gasteiger partial charge in [-0.1, -0.05) is 18.2 Å². The minimum atomic E-state index is -0.608. The van der Waals surface area contributed by atoms with E-state index in [0.717, 1.165) is 5.76 Å². The number of carbonyl (C=O) groups excluding carboxylic acids is 3. The number of hydrogen-bond acceptors (Lipinski definition) is 6. The van der Waals surface area contributed by atoms with Crippen molar-refractivity contribution in [2.45, 2.75) is 19.8 Å². The molecule has 0 saturated carbocycles. The summed E-state index contributed by atoms with van der Waals surface area (Å²) in [4.78, 5) is 42.8. The molecular formula is C23H23N3O5. The molecule has 0 unspecified atom stereocenters. The van der Waals surface area contributed by atoms with Crippen LogP contribution in [0.5, 0.6) is 0 Å². The number of primary amides is 1. The first kappa shape index (κ1) is 20.6. The standard InChI is InChI=1S/C23H23N3O5/c1-14-6-7-20(31-14)19-12-17(16-4-2-3-5-18(16)25-19)23(29)30-13-21(27)26-10-8-15(9-11-26)22(24)28/h2-7,12,15H,8-11,13H2,1H3,(H2,24,28). The van der Waals surface area contributed by atoms with Crippen molar-refractivity contribution in [1.82, 2.24) is 9.88 Å². The zero-order valence-electron chi connectivity index (χ0n) is 17.2. The molecule has 3 heterocycles. The lowest BCUT2D eigenvalue weighted by atomic mass is 9.96. The molecule has 3 aromatic rings.